The Morgan fingerprint density at radius 2 is 1.57 bits per heavy atom. The summed E-state index contributed by atoms with van der Waals surface area (Å²) in [7, 11) is 0. The van der Waals surface area contributed by atoms with E-state index < -0.39 is 0 Å². The third-order valence-corrected chi connectivity index (χ3v) is 3.38. The Kier molecular flexibility index (Phi) is 3.65. The lowest BCUT2D eigenvalue weighted by Gasteiger charge is -2.13. The maximum atomic E-state index is 12.5. The third-order valence-electron chi connectivity index (χ3n) is 3.38. The Hall–Kier alpha value is -2.68. The molecule has 3 aromatic rings. The molecular weight excluding hydrogens is 260 g/mol. The van der Waals surface area contributed by atoms with Gasteiger partial charge in [0, 0.05) is 17.3 Å². The Morgan fingerprint density at radius 3 is 2.19 bits per heavy atom. The van der Waals surface area contributed by atoms with Gasteiger partial charge in [-0.1, -0.05) is 55.5 Å². The Labute approximate surface area is 123 Å². The van der Waals surface area contributed by atoms with Crippen molar-refractivity contribution in [3.05, 3.63) is 82.8 Å². The van der Waals surface area contributed by atoms with E-state index in [-0.39, 0.29) is 5.56 Å². The lowest BCUT2D eigenvalue weighted by molar-refractivity contribution is 0.901. The molecule has 0 atom stereocenters. The molecule has 1 aromatic heterocycles. The van der Waals surface area contributed by atoms with Crippen LogP contribution in [0, 0.1) is 0 Å². The minimum absolute atomic E-state index is 0.0492. The van der Waals surface area contributed by atoms with Crippen LogP contribution in [0.1, 0.15) is 12.6 Å². The summed E-state index contributed by atoms with van der Waals surface area (Å²) in [5, 5.41) is 0. The Balaban J connectivity index is 2.31. The summed E-state index contributed by atoms with van der Waals surface area (Å²) in [4.78, 5) is 17.2. The summed E-state index contributed by atoms with van der Waals surface area (Å²) in [6.45, 7) is 2.00. The van der Waals surface area contributed by atoms with E-state index in [2.05, 4.69) is 4.98 Å². The number of hydrogen-bond acceptors (Lipinski definition) is 2. The molecule has 2 aromatic carbocycles. The van der Waals surface area contributed by atoms with Crippen molar-refractivity contribution in [2.24, 2.45) is 0 Å². The number of rotatable bonds is 3. The van der Waals surface area contributed by atoms with E-state index in [1.807, 2.05) is 67.6 Å². The van der Waals surface area contributed by atoms with Gasteiger partial charge in [-0.25, -0.2) is 4.98 Å². The first-order valence-corrected chi connectivity index (χ1v) is 7.03. The van der Waals surface area contributed by atoms with Crippen LogP contribution in [0.5, 0.6) is 0 Å². The summed E-state index contributed by atoms with van der Waals surface area (Å²) in [5.74, 6) is 0.686. The average Bonchev–Trinajstić information content (AvgIpc) is 2.55. The number of aromatic nitrogens is 2. The van der Waals surface area contributed by atoms with Gasteiger partial charge in [-0.2, -0.15) is 0 Å². The third kappa shape index (κ3) is 2.63. The van der Waals surface area contributed by atoms with Crippen LogP contribution >= 0.6 is 0 Å². The highest BCUT2D eigenvalue weighted by atomic mass is 16.1. The second-order valence-corrected chi connectivity index (χ2v) is 4.80. The van der Waals surface area contributed by atoms with E-state index in [0.717, 1.165) is 23.4 Å². The lowest BCUT2D eigenvalue weighted by atomic mass is 10.2. The van der Waals surface area contributed by atoms with Gasteiger partial charge in [0.1, 0.15) is 5.82 Å². The molecule has 0 fully saturated rings. The summed E-state index contributed by atoms with van der Waals surface area (Å²) in [6.07, 6.45) is 0.741. The van der Waals surface area contributed by atoms with Gasteiger partial charge in [0.25, 0.3) is 5.56 Å². The molecule has 0 amide bonds. The van der Waals surface area contributed by atoms with Gasteiger partial charge in [0.05, 0.1) is 5.69 Å². The average molecular weight is 276 g/mol. The van der Waals surface area contributed by atoms with Gasteiger partial charge in [-0.15, -0.1) is 0 Å². The van der Waals surface area contributed by atoms with Crippen molar-refractivity contribution in [2.45, 2.75) is 13.3 Å². The molecule has 0 aliphatic heterocycles. The van der Waals surface area contributed by atoms with Crippen LogP contribution < -0.4 is 5.56 Å². The molecule has 0 aliphatic rings. The molecule has 0 saturated heterocycles. The van der Waals surface area contributed by atoms with Gasteiger partial charge in [-0.3, -0.25) is 9.36 Å². The smallest absolute Gasteiger partial charge is 0.258 e. The maximum absolute atomic E-state index is 12.5. The first-order valence-electron chi connectivity index (χ1n) is 7.03. The van der Waals surface area contributed by atoms with Gasteiger partial charge in [-0.05, 0) is 18.6 Å². The summed E-state index contributed by atoms with van der Waals surface area (Å²) in [6, 6.07) is 21.0. The van der Waals surface area contributed by atoms with Crippen molar-refractivity contribution in [1.29, 1.82) is 0 Å². The van der Waals surface area contributed by atoms with Crippen LogP contribution in [-0.2, 0) is 6.42 Å². The molecule has 0 bridgehead atoms. The molecule has 3 nitrogen and oxygen atoms in total. The van der Waals surface area contributed by atoms with Crippen molar-refractivity contribution in [3.63, 3.8) is 0 Å². The standard InChI is InChI=1S/C18H16N2O/c1-2-15-13-17(21)20(16-11-7-4-8-12-16)18(19-15)14-9-5-3-6-10-14/h3-13H,2H2,1H3. The molecule has 0 saturated carbocycles. The van der Waals surface area contributed by atoms with Crippen LogP contribution in [0.2, 0.25) is 0 Å². The SMILES string of the molecule is CCc1cc(=O)n(-c2ccccc2)c(-c2ccccc2)n1. The molecule has 3 rings (SSSR count). The molecule has 104 valence electrons. The second kappa shape index (κ2) is 5.75. The maximum Gasteiger partial charge on any atom is 0.258 e. The van der Waals surface area contributed by atoms with E-state index in [0.29, 0.717) is 5.82 Å². The molecule has 0 radical (unpaired) electrons. The normalized spacial score (nSPS) is 10.5. The summed E-state index contributed by atoms with van der Waals surface area (Å²) in [5.41, 5.74) is 2.53. The number of para-hydroxylation sites is 1. The minimum Gasteiger partial charge on any atom is -0.269 e. The van der Waals surface area contributed by atoms with Gasteiger partial charge in [0.15, 0.2) is 0 Å². The number of aryl methyl sites for hydroxylation is 1. The number of benzene rings is 2. The molecule has 1 heterocycles. The zero-order valence-corrected chi connectivity index (χ0v) is 11.9. The van der Waals surface area contributed by atoms with Crippen molar-refractivity contribution >= 4 is 0 Å². The Morgan fingerprint density at radius 1 is 0.952 bits per heavy atom. The van der Waals surface area contributed by atoms with E-state index >= 15 is 0 Å². The monoisotopic (exact) mass is 276 g/mol. The largest absolute Gasteiger partial charge is 0.269 e. The van der Waals surface area contributed by atoms with E-state index in [4.69, 9.17) is 0 Å². The fraction of sp³-hybridized carbons (Fsp3) is 0.111. The fourth-order valence-corrected chi connectivity index (χ4v) is 2.32. The number of nitrogens with zero attached hydrogens (tertiary/aromatic N) is 2. The fourth-order valence-electron chi connectivity index (χ4n) is 2.32. The topological polar surface area (TPSA) is 34.9 Å². The van der Waals surface area contributed by atoms with Crippen LogP contribution in [0.4, 0.5) is 0 Å². The molecule has 0 unspecified atom stereocenters. The van der Waals surface area contributed by atoms with Crippen molar-refractivity contribution in [1.82, 2.24) is 9.55 Å². The molecule has 0 spiro atoms. The predicted molar refractivity (Wildman–Crippen MR) is 84.6 cm³/mol. The summed E-state index contributed by atoms with van der Waals surface area (Å²) >= 11 is 0. The van der Waals surface area contributed by atoms with Crippen molar-refractivity contribution in [2.75, 3.05) is 0 Å². The molecule has 3 heteroatoms. The van der Waals surface area contributed by atoms with Gasteiger partial charge < -0.3 is 0 Å². The number of hydrogen-bond donors (Lipinski definition) is 0. The van der Waals surface area contributed by atoms with Gasteiger partial charge >= 0.3 is 0 Å². The first-order chi connectivity index (χ1) is 10.3. The van der Waals surface area contributed by atoms with Crippen LogP contribution in [0.25, 0.3) is 17.1 Å². The van der Waals surface area contributed by atoms with E-state index in [1.165, 1.54) is 0 Å². The van der Waals surface area contributed by atoms with Crippen LogP contribution in [0.3, 0.4) is 0 Å². The van der Waals surface area contributed by atoms with Gasteiger partial charge in [0.2, 0.25) is 0 Å². The molecule has 21 heavy (non-hydrogen) atoms. The highest BCUT2D eigenvalue weighted by molar-refractivity contribution is 5.58. The van der Waals surface area contributed by atoms with Crippen molar-refractivity contribution in [3.8, 4) is 17.1 Å². The highest BCUT2D eigenvalue weighted by Gasteiger charge is 2.11. The quantitative estimate of drug-likeness (QED) is 0.734. The Bertz CT molecular complexity index is 792. The first kappa shape index (κ1) is 13.3. The zero-order chi connectivity index (χ0) is 14.7. The second-order valence-electron chi connectivity index (χ2n) is 4.80. The molecule has 0 aliphatic carbocycles. The lowest BCUT2D eigenvalue weighted by Crippen LogP contribution is -2.22. The van der Waals surface area contributed by atoms with Crippen LogP contribution in [-0.4, -0.2) is 9.55 Å². The van der Waals surface area contributed by atoms with E-state index in [9.17, 15) is 4.79 Å². The highest BCUT2D eigenvalue weighted by Crippen LogP contribution is 2.19. The minimum atomic E-state index is -0.0492. The van der Waals surface area contributed by atoms with Crippen LogP contribution in [0.15, 0.2) is 71.5 Å². The zero-order valence-electron chi connectivity index (χ0n) is 11.9. The summed E-state index contributed by atoms with van der Waals surface area (Å²) < 4.78 is 1.66. The van der Waals surface area contributed by atoms with E-state index in [1.54, 1.807) is 10.6 Å². The molecule has 0 N–H and O–H groups in total. The molecular formula is C18H16N2O. The van der Waals surface area contributed by atoms with Crippen molar-refractivity contribution < 1.29 is 0 Å². The predicted octanol–water partition coefficient (Wildman–Crippen LogP) is 3.46.